The fraction of sp³-hybridized carbons (Fsp3) is 1.00. The van der Waals surface area contributed by atoms with Crippen molar-refractivity contribution in [3.05, 3.63) is 0 Å². The van der Waals surface area contributed by atoms with E-state index in [1.54, 1.807) is 0 Å². The normalized spacial score (nSPS) is 12.1. The molecule has 0 N–H and O–H groups in total. The van der Waals surface area contributed by atoms with Gasteiger partial charge in [-0.1, -0.05) is 103 Å². The highest BCUT2D eigenvalue weighted by molar-refractivity contribution is 7.45. The van der Waals surface area contributed by atoms with Gasteiger partial charge < -0.3 is 9.47 Å². The van der Waals surface area contributed by atoms with Gasteiger partial charge in [0.1, 0.15) is 7.80 Å². The maximum Gasteiger partial charge on any atom is 0.229 e. The van der Waals surface area contributed by atoms with Crippen LogP contribution in [0.5, 0.6) is 0 Å². The minimum Gasteiger partial charge on any atom is -0.344 e. The lowest BCUT2D eigenvalue weighted by Gasteiger charge is -2.15. The zero-order chi connectivity index (χ0) is 20.0. The van der Waals surface area contributed by atoms with Gasteiger partial charge in [0.2, 0.25) is 6.03 Å². The van der Waals surface area contributed by atoms with Crippen LogP contribution in [0, 0.1) is 0 Å². The molecule has 0 spiro atoms. The summed E-state index contributed by atoms with van der Waals surface area (Å²) in [6.45, 7) is 7.24. The Hall–Kier alpha value is 0.0200. The fourth-order valence-corrected chi connectivity index (χ4v) is 4.80. The van der Waals surface area contributed by atoms with Crippen LogP contribution in [0.3, 0.4) is 0 Å². The molecule has 1 unspecified atom stereocenters. The van der Waals surface area contributed by atoms with E-state index < -0.39 is 13.8 Å². The summed E-state index contributed by atoms with van der Waals surface area (Å²) in [6, 6.07) is -0.494. The molecule has 3 nitrogen and oxygen atoms in total. The van der Waals surface area contributed by atoms with Gasteiger partial charge in [-0.25, -0.2) is 0 Å². The Labute approximate surface area is 171 Å². The standard InChI is InChI=1S/C23H48O3P/c1-4-7-8-9-10-11-12-13-14-15-16-17-18-19-20-21-22-27(24)23(25-5-2)26-6-3/h23H,4-22H2,1-3H3. The van der Waals surface area contributed by atoms with Crippen molar-refractivity contribution in [3.63, 3.8) is 0 Å². The lowest BCUT2D eigenvalue weighted by atomic mass is 10.0. The number of unbranched alkanes of at least 4 members (excludes halogenated alkanes) is 15. The average molecular weight is 404 g/mol. The molecule has 0 aliphatic rings. The number of ether oxygens (including phenoxy) is 2. The third kappa shape index (κ3) is 19.1. The van der Waals surface area contributed by atoms with Crippen molar-refractivity contribution in [2.75, 3.05) is 19.4 Å². The third-order valence-corrected chi connectivity index (χ3v) is 6.61. The van der Waals surface area contributed by atoms with Crippen LogP contribution in [-0.4, -0.2) is 25.4 Å². The first-order valence-electron chi connectivity index (χ1n) is 11.9. The Morgan fingerprint density at radius 1 is 0.556 bits per heavy atom. The topological polar surface area (TPSA) is 35.5 Å². The summed E-state index contributed by atoms with van der Waals surface area (Å²) in [6.07, 6.45) is 22.5. The Balaban J connectivity index is 3.27. The van der Waals surface area contributed by atoms with Gasteiger partial charge >= 0.3 is 0 Å². The molecule has 0 heterocycles. The van der Waals surface area contributed by atoms with Crippen molar-refractivity contribution in [1.82, 2.24) is 0 Å². The Morgan fingerprint density at radius 2 is 0.889 bits per heavy atom. The summed E-state index contributed by atoms with van der Waals surface area (Å²) in [5.41, 5.74) is 0. The summed E-state index contributed by atoms with van der Waals surface area (Å²) in [5.74, 6) is 0. The van der Waals surface area contributed by atoms with Crippen LogP contribution < -0.4 is 0 Å². The molecule has 27 heavy (non-hydrogen) atoms. The van der Waals surface area contributed by atoms with Crippen molar-refractivity contribution in [2.24, 2.45) is 0 Å². The van der Waals surface area contributed by atoms with Crippen molar-refractivity contribution < 1.29 is 14.0 Å². The van der Waals surface area contributed by atoms with E-state index in [9.17, 15) is 4.57 Å². The van der Waals surface area contributed by atoms with Gasteiger partial charge in [0.25, 0.3) is 0 Å². The van der Waals surface area contributed by atoms with E-state index in [1.807, 2.05) is 13.8 Å². The maximum absolute atomic E-state index is 12.2. The highest BCUT2D eigenvalue weighted by Gasteiger charge is 2.16. The largest absolute Gasteiger partial charge is 0.344 e. The molecule has 0 aliphatic carbocycles. The summed E-state index contributed by atoms with van der Waals surface area (Å²) in [5, 5.41) is 0. The van der Waals surface area contributed by atoms with Crippen LogP contribution in [0.1, 0.15) is 124 Å². The van der Waals surface area contributed by atoms with E-state index in [0.29, 0.717) is 13.2 Å². The van der Waals surface area contributed by atoms with Crippen molar-refractivity contribution in [3.8, 4) is 0 Å². The summed E-state index contributed by atoms with van der Waals surface area (Å²) in [7, 11) is -1.39. The summed E-state index contributed by atoms with van der Waals surface area (Å²) >= 11 is 0. The zero-order valence-corrected chi connectivity index (χ0v) is 19.6. The quantitative estimate of drug-likeness (QED) is 0.103. The molecular weight excluding hydrogens is 355 g/mol. The third-order valence-electron chi connectivity index (χ3n) is 5.09. The predicted octanol–water partition coefficient (Wildman–Crippen LogP) is 8.43. The number of hydrogen-bond acceptors (Lipinski definition) is 3. The van der Waals surface area contributed by atoms with E-state index in [1.165, 1.54) is 96.3 Å². The molecule has 0 aromatic heterocycles. The second-order valence-corrected chi connectivity index (χ2v) is 9.36. The predicted molar refractivity (Wildman–Crippen MR) is 119 cm³/mol. The first kappa shape index (κ1) is 27.0. The van der Waals surface area contributed by atoms with Crippen LogP contribution in [0.2, 0.25) is 0 Å². The maximum atomic E-state index is 12.2. The van der Waals surface area contributed by atoms with Crippen molar-refractivity contribution >= 4 is 7.80 Å². The van der Waals surface area contributed by atoms with Gasteiger partial charge in [0.05, 0.1) is 0 Å². The second kappa shape index (κ2) is 22.3. The van der Waals surface area contributed by atoms with E-state index in [2.05, 4.69) is 6.92 Å². The summed E-state index contributed by atoms with van der Waals surface area (Å²) < 4.78 is 23.0. The molecule has 163 valence electrons. The van der Waals surface area contributed by atoms with Crippen LogP contribution in [0.15, 0.2) is 0 Å². The van der Waals surface area contributed by atoms with E-state index in [0.717, 1.165) is 12.6 Å². The van der Waals surface area contributed by atoms with Gasteiger partial charge in [-0.05, 0) is 20.3 Å². The zero-order valence-electron chi connectivity index (χ0n) is 18.7. The van der Waals surface area contributed by atoms with Crippen LogP contribution in [0.25, 0.3) is 0 Å². The Bertz CT molecular complexity index is 304. The van der Waals surface area contributed by atoms with Crippen LogP contribution in [-0.2, 0) is 14.0 Å². The lowest BCUT2D eigenvalue weighted by molar-refractivity contribution is -0.0796. The molecule has 4 heteroatoms. The molecule has 1 radical (unpaired) electrons. The first-order chi connectivity index (χ1) is 13.3. The van der Waals surface area contributed by atoms with Crippen molar-refractivity contribution in [1.29, 1.82) is 0 Å². The SMILES string of the molecule is CCCCCCCCCCCCCCCCCC[P](=O)C(OCC)OCC. The molecule has 0 bridgehead atoms. The van der Waals surface area contributed by atoms with E-state index in [4.69, 9.17) is 9.47 Å². The van der Waals surface area contributed by atoms with Gasteiger partial charge in [-0.3, -0.25) is 4.57 Å². The molecule has 0 aliphatic heterocycles. The van der Waals surface area contributed by atoms with Crippen molar-refractivity contribution in [2.45, 2.75) is 130 Å². The van der Waals surface area contributed by atoms with Gasteiger partial charge in [0.15, 0.2) is 0 Å². The van der Waals surface area contributed by atoms with E-state index >= 15 is 0 Å². The fourth-order valence-electron chi connectivity index (χ4n) is 3.42. The summed E-state index contributed by atoms with van der Waals surface area (Å²) in [4.78, 5) is 0. The minimum absolute atomic E-state index is 0.494. The van der Waals surface area contributed by atoms with Gasteiger partial charge in [-0.2, -0.15) is 0 Å². The Morgan fingerprint density at radius 3 is 1.22 bits per heavy atom. The number of rotatable bonds is 22. The van der Waals surface area contributed by atoms with Gasteiger partial charge in [-0.15, -0.1) is 0 Å². The molecule has 0 rings (SSSR count). The number of hydrogen-bond donors (Lipinski definition) is 0. The average Bonchev–Trinajstić information content (AvgIpc) is 2.67. The molecule has 0 saturated carbocycles. The monoisotopic (exact) mass is 403 g/mol. The molecule has 0 saturated heterocycles. The van der Waals surface area contributed by atoms with E-state index in [-0.39, 0.29) is 0 Å². The molecular formula is C23H48O3P. The second-order valence-electron chi connectivity index (χ2n) is 7.66. The van der Waals surface area contributed by atoms with Crippen LogP contribution >= 0.6 is 7.80 Å². The molecule has 0 amide bonds. The molecule has 1 atom stereocenters. The lowest BCUT2D eigenvalue weighted by Crippen LogP contribution is -2.13. The first-order valence-corrected chi connectivity index (χ1v) is 13.4. The highest BCUT2D eigenvalue weighted by atomic mass is 31.1. The highest BCUT2D eigenvalue weighted by Crippen LogP contribution is 2.31. The smallest absolute Gasteiger partial charge is 0.229 e. The minimum atomic E-state index is -1.39. The molecule has 0 aromatic carbocycles. The molecule has 0 fully saturated rings. The van der Waals surface area contributed by atoms with Crippen LogP contribution in [0.4, 0.5) is 0 Å². The Kier molecular flexibility index (Phi) is 22.3. The molecule has 0 aromatic rings. The van der Waals surface area contributed by atoms with Gasteiger partial charge in [0, 0.05) is 19.4 Å².